The standard InChI is InChI=1S/C21H31N3O4/c1-23(2)20(26)15-7-8-18-17(11-15)24(3)16(13-28-18)12-19(25)22-14-21(27)9-5-4-6-10-21/h7-8,11,16,27H,4-6,9-10,12-14H2,1-3H3,(H,22,25)/t16-/m0/s1. The molecule has 7 heteroatoms. The number of benzene rings is 1. The Morgan fingerprint density at radius 2 is 2.00 bits per heavy atom. The molecule has 1 aliphatic carbocycles. The van der Waals surface area contributed by atoms with Crippen molar-refractivity contribution in [3.05, 3.63) is 23.8 Å². The van der Waals surface area contributed by atoms with Gasteiger partial charge in [-0.05, 0) is 31.0 Å². The van der Waals surface area contributed by atoms with E-state index in [9.17, 15) is 14.7 Å². The van der Waals surface area contributed by atoms with E-state index in [4.69, 9.17) is 4.74 Å². The first-order valence-corrected chi connectivity index (χ1v) is 9.99. The predicted octanol–water partition coefficient (Wildman–Crippen LogP) is 1.79. The summed E-state index contributed by atoms with van der Waals surface area (Å²) in [7, 11) is 5.35. The number of hydrogen-bond acceptors (Lipinski definition) is 5. The van der Waals surface area contributed by atoms with Gasteiger partial charge in [-0.15, -0.1) is 0 Å². The van der Waals surface area contributed by atoms with Gasteiger partial charge in [0.15, 0.2) is 0 Å². The number of aliphatic hydroxyl groups is 1. The average molecular weight is 389 g/mol. The Balaban J connectivity index is 1.61. The summed E-state index contributed by atoms with van der Waals surface area (Å²) in [4.78, 5) is 28.2. The summed E-state index contributed by atoms with van der Waals surface area (Å²) in [5, 5.41) is 13.4. The van der Waals surface area contributed by atoms with Crippen LogP contribution >= 0.6 is 0 Å². The third-order valence-electron chi connectivity index (χ3n) is 5.79. The van der Waals surface area contributed by atoms with Crippen LogP contribution in [0.1, 0.15) is 48.9 Å². The Hall–Kier alpha value is -2.28. The highest BCUT2D eigenvalue weighted by atomic mass is 16.5. The van der Waals surface area contributed by atoms with Crippen molar-refractivity contribution in [3.8, 4) is 5.75 Å². The zero-order valence-corrected chi connectivity index (χ0v) is 17.0. The minimum Gasteiger partial charge on any atom is -0.489 e. The number of amides is 2. The van der Waals surface area contributed by atoms with Crippen molar-refractivity contribution in [1.29, 1.82) is 0 Å². The molecule has 1 heterocycles. The molecule has 0 saturated heterocycles. The number of nitrogens with zero attached hydrogens (tertiary/aromatic N) is 2. The van der Waals surface area contributed by atoms with Crippen LogP contribution in [0.5, 0.6) is 5.75 Å². The molecule has 1 saturated carbocycles. The van der Waals surface area contributed by atoms with E-state index in [1.807, 2.05) is 18.0 Å². The number of nitrogens with one attached hydrogen (secondary N) is 1. The molecule has 0 spiro atoms. The lowest BCUT2D eigenvalue weighted by Gasteiger charge is -2.36. The highest BCUT2D eigenvalue weighted by Crippen LogP contribution is 2.35. The summed E-state index contributed by atoms with van der Waals surface area (Å²) in [5.74, 6) is 0.547. The van der Waals surface area contributed by atoms with Gasteiger partial charge in [0, 0.05) is 33.3 Å². The van der Waals surface area contributed by atoms with Crippen LogP contribution < -0.4 is 15.0 Å². The van der Waals surface area contributed by atoms with Crippen molar-refractivity contribution in [1.82, 2.24) is 10.2 Å². The summed E-state index contributed by atoms with van der Waals surface area (Å²) in [5.41, 5.74) is 0.628. The molecule has 154 valence electrons. The summed E-state index contributed by atoms with van der Waals surface area (Å²) in [6.07, 6.45) is 4.94. The smallest absolute Gasteiger partial charge is 0.253 e. The number of anilines is 1. The third kappa shape index (κ3) is 4.58. The molecule has 0 unspecified atom stereocenters. The van der Waals surface area contributed by atoms with Gasteiger partial charge in [0.2, 0.25) is 5.91 Å². The van der Waals surface area contributed by atoms with Crippen LogP contribution in [0.2, 0.25) is 0 Å². The second-order valence-corrected chi connectivity index (χ2v) is 8.22. The fraction of sp³-hybridized carbons (Fsp3) is 0.619. The van der Waals surface area contributed by atoms with E-state index in [-0.39, 0.29) is 24.3 Å². The lowest BCUT2D eigenvalue weighted by molar-refractivity contribution is -0.123. The number of carbonyl (C=O) groups is 2. The number of likely N-dealkylation sites (N-methyl/N-ethyl adjacent to an activating group) is 1. The van der Waals surface area contributed by atoms with Gasteiger partial charge in [-0.25, -0.2) is 0 Å². The van der Waals surface area contributed by atoms with Gasteiger partial charge >= 0.3 is 0 Å². The van der Waals surface area contributed by atoms with Gasteiger partial charge < -0.3 is 25.0 Å². The molecule has 1 aromatic carbocycles. The monoisotopic (exact) mass is 389 g/mol. The van der Waals surface area contributed by atoms with E-state index in [0.717, 1.165) is 37.8 Å². The van der Waals surface area contributed by atoms with Crippen molar-refractivity contribution < 1.29 is 19.4 Å². The molecule has 0 radical (unpaired) electrons. The maximum absolute atomic E-state index is 12.5. The second kappa shape index (κ2) is 8.39. The molecule has 2 aliphatic rings. The van der Waals surface area contributed by atoms with Gasteiger partial charge in [-0.3, -0.25) is 9.59 Å². The SMILES string of the molecule is CN(C)C(=O)c1ccc2c(c1)N(C)[C@@H](CC(=O)NCC1(O)CCCCC1)CO2. The fourth-order valence-corrected chi connectivity index (χ4v) is 3.93. The first-order chi connectivity index (χ1) is 13.3. The number of carbonyl (C=O) groups excluding carboxylic acids is 2. The van der Waals surface area contributed by atoms with Gasteiger partial charge in [-0.1, -0.05) is 19.3 Å². The molecule has 1 atom stereocenters. The Labute approximate surface area is 166 Å². The van der Waals surface area contributed by atoms with E-state index >= 15 is 0 Å². The molecule has 2 N–H and O–H groups in total. The lowest BCUT2D eigenvalue weighted by Crippen LogP contribution is -2.47. The molecular weight excluding hydrogens is 358 g/mol. The van der Waals surface area contributed by atoms with Gasteiger partial charge in [0.1, 0.15) is 12.4 Å². The van der Waals surface area contributed by atoms with Crippen molar-refractivity contribution >= 4 is 17.5 Å². The molecule has 1 fully saturated rings. The molecule has 0 bridgehead atoms. The van der Waals surface area contributed by atoms with Crippen molar-refractivity contribution in [2.75, 3.05) is 39.2 Å². The van der Waals surface area contributed by atoms with Crippen molar-refractivity contribution in [2.24, 2.45) is 0 Å². The van der Waals surface area contributed by atoms with Crippen LogP contribution in [0.15, 0.2) is 18.2 Å². The fourth-order valence-electron chi connectivity index (χ4n) is 3.93. The first-order valence-electron chi connectivity index (χ1n) is 9.99. The minimum atomic E-state index is -0.767. The summed E-state index contributed by atoms with van der Waals surface area (Å²) in [6, 6.07) is 5.25. The zero-order valence-electron chi connectivity index (χ0n) is 17.0. The summed E-state index contributed by atoms with van der Waals surface area (Å²) >= 11 is 0. The maximum Gasteiger partial charge on any atom is 0.253 e. The van der Waals surface area contributed by atoms with Crippen molar-refractivity contribution in [2.45, 2.75) is 50.2 Å². The van der Waals surface area contributed by atoms with E-state index < -0.39 is 5.60 Å². The van der Waals surface area contributed by atoms with Gasteiger partial charge in [-0.2, -0.15) is 0 Å². The maximum atomic E-state index is 12.5. The molecule has 28 heavy (non-hydrogen) atoms. The molecule has 1 aromatic rings. The number of ether oxygens (including phenoxy) is 1. The molecule has 3 rings (SSSR count). The number of fused-ring (bicyclic) bond motifs is 1. The largest absolute Gasteiger partial charge is 0.489 e. The quantitative estimate of drug-likeness (QED) is 0.802. The minimum absolute atomic E-state index is 0.0724. The Morgan fingerprint density at radius 3 is 2.68 bits per heavy atom. The van der Waals surface area contributed by atoms with Gasteiger partial charge in [0.05, 0.1) is 23.8 Å². The number of hydrogen-bond donors (Lipinski definition) is 2. The van der Waals surface area contributed by atoms with Crippen molar-refractivity contribution in [3.63, 3.8) is 0 Å². The topological polar surface area (TPSA) is 82.1 Å². The first kappa shape index (κ1) is 20.5. The van der Waals surface area contributed by atoms with E-state index in [1.54, 1.807) is 26.2 Å². The number of rotatable bonds is 5. The second-order valence-electron chi connectivity index (χ2n) is 8.22. The van der Waals surface area contributed by atoms with E-state index in [2.05, 4.69) is 5.32 Å². The Bertz CT molecular complexity index is 728. The summed E-state index contributed by atoms with van der Waals surface area (Å²) < 4.78 is 5.82. The van der Waals surface area contributed by atoms with Crippen LogP contribution in [-0.4, -0.2) is 67.8 Å². The van der Waals surface area contributed by atoms with Crippen LogP contribution in [0.4, 0.5) is 5.69 Å². The molecule has 7 nitrogen and oxygen atoms in total. The van der Waals surface area contributed by atoms with Crippen LogP contribution in [0, 0.1) is 0 Å². The molecule has 1 aliphatic heterocycles. The third-order valence-corrected chi connectivity index (χ3v) is 5.79. The van der Waals surface area contributed by atoms with E-state index in [1.165, 1.54) is 4.90 Å². The zero-order chi connectivity index (χ0) is 20.3. The summed E-state index contributed by atoms with van der Waals surface area (Å²) in [6.45, 7) is 0.712. The Kier molecular flexibility index (Phi) is 6.13. The average Bonchev–Trinajstić information content (AvgIpc) is 2.68. The highest BCUT2D eigenvalue weighted by Gasteiger charge is 2.31. The normalized spacial score (nSPS) is 20.7. The molecule has 2 amide bonds. The molecular formula is C21H31N3O4. The molecule has 0 aromatic heterocycles. The predicted molar refractivity (Wildman–Crippen MR) is 108 cm³/mol. The van der Waals surface area contributed by atoms with Crippen LogP contribution in [-0.2, 0) is 4.79 Å². The van der Waals surface area contributed by atoms with Crippen LogP contribution in [0.25, 0.3) is 0 Å². The highest BCUT2D eigenvalue weighted by molar-refractivity contribution is 5.95. The van der Waals surface area contributed by atoms with E-state index in [0.29, 0.717) is 24.5 Å². The Morgan fingerprint density at radius 1 is 1.29 bits per heavy atom. The van der Waals surface area contributed by atoms with Gasteiger partial charge in [0.25, 0.3) is 5.91 Å². The van der Waals surface area contributed by atoms with Crippen LogP contribution in [0.3, 0.4) is 0 Å². The lowest BCUT2D eigenvalue weighted by atomic mass is 9.85.